The highest BCUT2D eigenvalue weighted by atomic mass is 16.5. The highest BCUT2D eigenvalue weighted by molar-refractivity contribution is 5.33. The summed E-state index contributed by atoms with van der Waals surface area (Å²) >= 11 is 0. The number of ether oxygens (including phenoxy) is 1. The Kier molecular flexibility index (Phi) is 4.71. The molecule has 2 N–H and O–H groups in total. The Bertz CT molecular complexity index is 425. The topological polar surface area (TPSA) is 41.5 Å². The van der Waals surface area contributed by atoms with Crippen molar-refractivity contribution in [1.29, 1.82) is 0 Å². The minimum Gasteiger partial charge on any atom is -0.395 e. The zero-order valence-electron chi connectivity index (χ0n) is 12.1. The van der Waals surface area contributed by atoms with Gasteiger partial charge in [0.25, 0.3) is 0 Å². The number of aliphatic hydroxyl groups is 1. The van der Waals surface area contributed by atoms with E-state index in [0.29, 0.717) is 5.92 Å². The molecule has 1 heterocycles. The molecule has 3 rings (SSSR count). The summed E-state index contributed by atoms with van der Waals surface area (Å²) in [6, 6.07) is 8.87. The maximum atomic E-state index is 9.63. The lowest BCUT2D eigenvalue weighted by Crippen LogP contribution is -2.42. The van der Waals surface area contributed by atoms with E-state index in [0.717, 1.165) is 38.5 Å². The third-order valence-electron chi connectivity index (χ3n) is 4.59. The first-order valence-electron chi connectivity index (χ1n) is 7.88. The molecular weight excluding hydrogens is 250 g/mol. The predicted molar refractivity (Wildman–Crippen MR) is 79.7 cm³/mol. The molecule has 2 aliphatic rings. The summed E-state index contributed by atoms with van der Waals surface area (Å²) in [5.41, 5.74) is 2.89. The monoisotopic (exact) mass is 275 g/mol. The second-order valence-electron chi connectivity index (χ2n) is 6.12. The Hall–Kier alpha value is -0.900. The Balaban J connectivity index is 1.59. The maximum Gasteiger partial charge on any atom is 0.0588 e. The summed E-state index contributed by atoms with van der Waals surface area (Å²) in [4.78, 5) is 0. The Labute approximate surface area is 121 Å². The van der Waals surface area contributed by atoms with Crippen LogP contribution >= 0.6 is 0 Å². The van der Waals surface area contributed by atoms with Crippen molar-refractivity contribution in [2.24, 2.45) is 5.92 Å². The molecule has 20 heavy (non-hydrogen) atoms. The van der Waals surface area contributed by atoms with E-state index in [1.807, 2.05) is 0 Å². The fourth-order valence-corrected chi connectivity index (χ4v) is 3.19. The van der Waals surface area contributed by atoms with Crippen LogP contribution in [0.15, 0.2) is 24.3 Å². The molecule has 110 valence electrons. The lowest BCUT2D eigenvalue weighted by Gasteiger charge is -2.30. The van der Waals surface area contributed by atoms with E-state index in [4.69, 9.17) is 4.74 Å². The van der Waals surface area contributed by atoms with E-state index in [-0.39, 0.29) is 12.6 Å². The Morgan fingerprint density at radius 1 is 1.25 bits per heavy atom. The normalized spacial score (nSPS) is 24.6. The fraction of sp³-hybridized carbons (Fsp3) is 0.647. The number of aliphatic hydroxyl groups excluding tert-OH is 1. The molecule has 2 fully saturated rings. The van der Waals surface area contributed by atoms with Crippen molar-refractivity contribution in [2.45, 2.75) is 44.2 Å². The summed E-state index contributed by atoms with van der Waals surface area (Å²) in [6.45, 7) is 2.70. The molecule has 1 aromatic carbocycles. The van der Waals surface area contributed by atoms with Gasteiger partial charge in [-0.15, -0.1) is 0 Å². The summed E-state index contributed by atoms with van der Waals surface area (Å²) in [6.07, 6.45) is 4.93. The highest BCUT2D eigenvalue weighted by Crippen LogP contribution is 2.41. The van der Waals surface area contributed by atoms with Gasteiger partial charge in [0.15, 0.2) is 0 Å². The molecular formula is C17H25NO2. The molecule has 0 spiro atoms. The first kappa shape index (κ1) is 14.1. The Morgan fingerprint density at radius 2 is 2.10 bits per heavy atom. The van der Waals surface area contributed by atoms with Gasteiger partial charge in [0.2, 0.25) is 0 Å². The van der Waals surface area contributed by atoms with Crippen LogP contribution < -0.4 is 5.32 Å². The molecule has 0 aromatic heterocycles. The van der Waals surface area contributed by atoms with Gasteiger partial charge in [-0.2, -0.15) is 0 Å². The Morgan fingerprint density at radius 3 is 2.80 bits per heavy atom. The van der Waals surface area contributed by atoms with E-state index in [1.54, 1.807) is 0 Å². The van der Waals surface area contributed by atoms with Gasteiger partial charge in [-0.25, -0.2) is 0 Å². The summed E-state index contributed by atoms with van der Waals surface area (Å²) in [7, 11) is 0. The second kappa shape index (κ2) is 6.70. The summed E-state index contributed by atoms with van der Waals surface area (Å²) in [5, 5.41) is 13.2. The van der Waals surface area contributed by atoms with Gasteiger partial charge in [0.05, 0.1) is 13.2 Å². The quantitative estimate of drug-likeness (QED) is 0.838. The number of nitrogens with one attached hydrogen (secondary N) is 1. The highest BCUT2D eigenvalue weighted by Gasteiger charge is 2.27. The number of rotatable bonds is 6. The molecule has 1 aliphatic carbocycles. The van der Waals surface area contributed by atoms with Crippen LogP contribution in [0.2, 0.25) is 0 Å². The molecule has 0 amide bonds. The van der Waals surface area contributed by atoms with Crippen LogP contribution in [0.3, 0.4) is 0 Å². The van der Waals surface area contributed by atoms with Crippen molar-refractivity contribution < 1.29 is 9.84 Å². The molecule has 2 atom stereocenters. The third kappa shape index (κ3) is 3.40. The van der Waals surface area contributed by atoms with Crippen LogP contribution in [0.25, 0.3) is 0 Å². The smallest absolute Gasteiger partial charge is 0.0588 e. The van der Waals surface area contributed by atoms with Crippen molar-refractivity contribution in [3.8, 4) is 0 Å². The number of hydrogen-bond acceptors (Lipinski definition) is 3. The third-order valence-corrected chi connectivity index (χ3v) is 4.59. The molecule has 2 unspecified atom stereocenters. The molecule has 1 aliphatic heterocycles. The van der Waals surface area contributed by atoms with Crippen LogP contribution in [0.5, 0.6) is 0 Å². The molecule has 3 nitrogen and oxygen atoms in total. The van der Waals surface area contributed by atoms with Crippen molar-refractivity contribution in [2.75, 3.05) is 19.8 Å². The van der Waals surface area contributed by atoms with Gasteiger partial charge in [0, 0.05) is 19.2 Å². The van der Waals surface area contributed by atoms with Gasteiger partial charge in [-0.05, 0) is 48.6 Å². The molecule has 1 saturated carbocycles. The van der Waals surface area contributed by atoms with Crippen LogP contribution in [0.4, 0.5) is 0 Å². The SMILES string of the molecule is OCC(NCc1ccccc1C1CC1)C1CCCOC1. The van der Waals surface area contributed by atoms with Crippen molar-refractivity contribution >= 4 is 0 Å². The first-order chi connectivity index (χ1) is 9.88. The molecule has 1 aromatic rings. The van der Waals surface area contributed by atoms with Gasteiger partial charge < -0.3 is 15.2 Å². The second-order valence-corrected chi connectivity index (χ2v) is 6.12. The van der Waals surface area contributed by atoms with Crippen molar-refractivity contribution in [3.63, 3.8) is 0 Å². The van der Waals surface area contributed by atoms with Crippen molar-refractivity contribution in [3.05, 3.63) is 35.4 Å². The van der Waals surface area contributed by atoms with E-state index in [2.05, 4.69) is 29.6 Å². The van der Waals surface area contributed by atoms with Crippen LogP contribution in [-0.4, -0.2) is 31.0 Å². The first-order valence-corrected chi connectivity index (χ1v) is 7.88. The predicted octanol–water partition coefficient (Wildman–Crippen LogP) is 2.44. The number of hydrogen-bond donors (Lipinski definition) is 2. The standard InChI is InChI=1S/C17H25NO2/c19-11-17(15-5-3-9-20-12-15)18-10-14-4-1-2-6-16(14)13-7-8-13/h1-2,4,6,13,15,17-19H,3,5,7-12H2. The average molecular weight is 275 g/mol. The van der Waals surface area contributed by atoms with Crippen LogP contribution in [0.1, 0.15) is 42.7 Å². The zero-order valence-corrected chi connectivity index (χ0v) is 12.1. The van der Waals surface area contributed by atoms with Gasteiger partial charge in [0.1, 0.15) is 0 Å². The fourth-order valence-electron chi connectivity index (χ4n) is 3.19. The van der Waals surface area contributed by atoms with Gasteiger partial charge in [-0.1, -0.05) is 24.3 Å². The average Bonchev–Trinajstić information content (AvgIpc) is 3.34. The lowest BCUT2D eigenvalue weighted by molar-refractivity contribution is 0.0280. The van der Waals surface area contributed by atoms with Crippen LogP contribution in [-0.2, 0) is 11.3 Å². The van der Waals surface area contributed by atoms with E-state index < -0.39 is 0 Å². The van der Waals surface area contributed by atoms with E-state index >= 15 is 0 Å². The van der Waals surface area contributed by atoms with Crippen LogP contribution in [0, 0.1) is 5.92 Å². The molecule has 0 radical (unpaired) electrons. The van der Waals surface area contributed by atoms with E-state index in [9.17, 15) is 5.11 Å². The van der Waals surface area contributed by atoms with Gasteiger partial charge >= 0.3 is 0 Å². The van der Waals surface area contributed by atoms with E-state index in [1.165, 1.54) is 24.0 Å². The van der Waals surface area contributed by atoms with Crippen molar-refractivity contribution in [1.82, 2.24) is 5.32 Å². The zero-order chi connectivity index (χ0) is 13.8. The maximum absolute atomic E-state index is 9.63. The lowest BCUT2D eigenvalue weighted by atomic mass is 9.93. The molecule has 1 saturated heterocycles. The minimum absolute atomic E-state index is 0.155. The molecule has 0 bridgehead atoms. The summed E-state index contributed by atoms with van der Waals surface area (Å²) < 4.78 is 5.54. The largest absolute Gasteiger partial charge is 0.395 e. The number of benzene rings is 1. The summed E-state index contributed by atoms with van der Waals surface area (Å²) in [5.74, 6) is 1.22. The minimum atomic E-state index is 0.155. The molecule has 3 heteroatoms. The van der Waals surface area contributed by atoms with Gasteiger partial charge in [-0.3, -0.25) is 0 Å².